The summed E-state index contributed by atoms with van der Waals surface area (Å²) in [4.78, 5) is 11.4. The molecule has 136 valence electrons. The van der Waals surface area contributed by atoms with Gasteiger partial charge in [0.2, 0.25) is 0 Å². The molecule has 0 radical (unpaired) electrons. The van der Waals surface area contributed by atoms with Crippen molar-refractivity contribution in [3.05, 3.63) is 18.6 Å². The van der Waals surface area contributed by atoms with Gasteiger partial charge in [-0.25, -0.2) is 18.5 Å². The van der Waals surface area contributed by atoms with Gasteiger partial charge in [0.25, 0.3) is 0 Å². The van der Waals surface area contributed by atoms with Crippen LogP contribution in [0.1, 0.15) is 32.6 Å². The van der Waals surface area contributed by atoms with Gasteiger partial charge in [-0.05, 0) is 31.7 Å². The van der Waals surface area contributed by atoms with Crippen LogP contribution >= 0.6 is 30.3 Å². The van der Waals surface area contributed by atoms with Crippen LogP contribution in [-0.2, 0) is 11.0 Å². The van der Waals surface area contributed by atoms with Crippen LogP contribution in [0.4, 0.5) is 5.82 Å². The average Bonchev–Trinajstić information content (AvgIpc) is 3.04. The van der Waals surface area contributed by atoms with Gasteiger partial charge in [0.1, 0.15) is 12.1 Å². The molecule has 2 saturated heterocycles. The molecule has 4 heterocycles. The van der Waals surface area contributed by atoms with Gasteiger partial charge in [0, 0.05) is 61.9 Å². The van der Waals surface area contributed by atoms with Gasteiger partial charge in [0.15, 0.2) is 5.65 Å². The summed E-state index contributed by atoms with van der Waals surface area (Å²) in [5.41, 5.74) is 1.03. The number of hydrogen-bond acceptors (Lipinski definition) is 5. The number of piperidine rings is 1. The molecular weight excluding hydrogens is 469 g/mol. The van der Waals surface area contributed by atoms with E-state index in [0.29, 0.717) is 0 Å². The summed E-state index contributed by atoms with van der Waals surface area (Å²) in [6.45, 7) is 4.98. The lowest BCUT2D eigenvalue weighted by atomic mass is 9.80. The first-order valence-electron chi connectivity index (χ1n) is 8.71. The van der Waals surface area contributed by atoms with Crippen molar-refractivity contribution < 1.29 is 4.21 Å². The maximum atomic E-state index is 12.6. The van der Waals surface area contributed by atoms with Crippen LogP contribution in [0.5, 0.6) is 0 Å². The zero-order valence-corrected chi connectivity index (χ0v) is 18.0. The van der Waals surface area contributed by atoms with Gasteiger partial charge in [-0.1, -0.05) is 6.92 Å². The van der Waals surface area contributed by atoms with E-state index in [1.165, 1.54) is 0 Å². The van der Waals surface area contributed by atoms with Crippen molar-refractivity contribution in [1.82, 2.24) is 18.2 Å². The molecule has 9 heteroatoms. The van der Waals surface area contributed by atoms with Gasteiger partial charge in [-0.15, -0.1) is 0 Å². The van der Waals surface area contributed by atoms with E-state index in [4.69, 9.17) is 0 Å². The van der Waals surface area contributed by atoms with Crippen LogP contribution in [-0.4, -0.2) is 53.4 Å². The maximum absolute atomic E-state index is 12.6. The van der Waals surface area contributed by atoms with E-state index >= 15 is 0 Å². The third-order valence-corrected chi connectivity index (χ3v) is 8.83. The van der Waals surface area contributed by atoms with Crippen LogP contribution in [0.15, 0.2) is 18.6 Å². The Morgan fingerprint density at radius 1 is 1.36 bits per heavy atom. The van der Waals surface area contributed by atoms with Crippen molar-refractivity contribution in [2.24, 2.45) is 0 Å². The zero-order chi connectivity index (χ0) is 17.4. The van der Waals surface area contributed by atoms with Crippen molar-refractivity contribution in [1.29, 1.82) is 0 Å². The van der Waals surface area contributed by atoms with Crippen molar-refractivity contribution in [3.8, 4) is 0 Å². The molecule has 25 heavy (non-hydrogen) atoms. The van der Waals surface area contributed by atoms with E-state index < -0.39 is 11.0 Å². The maximum Gasteiger partial charge on any atom is 0.156 e. The monoisotopic (exact) mass is 491 g/mol. The minimum Gasteiger partial charge on any atom is -0.354 e. The third-order valence-electron chi connectivity index (χ3n) is 5.29. The van der Waals surface area contributed by atoms with Crippen LogP contribution in [0.3, 0.4) is 0 Å². The standard InChI is InChI=1S/C16H22IN5OS2/c1-2-10-25(23)22-9-6-16(22)5-3-7-20(11-16)14-13-4-8-21(24-17)15(13)19-12-18-14/h4,8,12H,2-3,5-7,9-11H2,1H3. The first kappa shape index (κ1) is 18.0. The molecule has 6 nitrogen and oxygen atoms in total. The van der Waals surface area contributed by atoms with Crippen LogP contribution in [0.25, 0.3) is 11.0 Å². The molecule has 2 aliphatic rings. The van der Waals surface area contributed by atoms with Crippen LogP contribution in [0, 0.1) is 0 Å². The first-order valence-corrected chi connectivity index (χ1v) is 13.3. The number of fused-ring (bicyclic) bond motifs is 1. The summed E-state index contributed by atoms with van der Waals surface area (Å²) in [6, 6.07) is 2.10. The molecule has 0 saturated carbocycles. The molecule has 2 unspecified atom stereocenters. The Balaban J connectivity index is 1.62. The fraction of sp³-hybridized carbons (Fsp3) is 0.625. The SMILES string of the molecule is CCCS(=O)N1CCC12CCCN(c1ncnc3c1ccn3SI)C2. The van der Waals surface area contributed by atoms with Crippen molar-refractivity contribution >= 4 is 58.2 Å². The Morgan fingerprint density at radius 2 is 2.24 bits per heavy atom. The second-order valence-electron chi connectivity index (χ2n) is 6.77. The molecule has 0 aliphatic carbocycles. The van der Waals surface area contributed by atoms with E-state index in [9.17, 15) is 4.21 Å². The van der Waals surface area contributed by atoms with Crippen LogP contribution < -0.4 is 4.90 Å². The molecule has 2 aromatic rings. The zero-order valence-electron chi connectivity index (χ0n) is 14.2. The molecule has 2 fully saturated rings. The van der Waals surface area contributed by atoms with Crippen molar-refractivity contribution in [2.75, 3.05) is 30.3 Å². The van der Waals surface area contributed by atoms with Gasteiger partial charge in [-0.3, -0.25) is 3.97 Å². The molecule has 0 aromatic carbocycles. The Kier molecular flexibility index (Phi) is 5.27. The lowest BCUT2D eigenvalue weighted by Crippen LogP contribution is -2.67. The summed E-state index contributed by atoms with van der Waals surface area (Å²) >= 11 is 2.27. The van der Waals surface area contributed by atoms with Crippen LogP contribution in [0.2, 0.25) is 0 Å². The van der Waals surface area contributed by atoms with Crippen molar-refractivity contribution in [2.45, 2.75) is 38.1 Å². The third kappa shape index (κ3) is 3.10. The molecular formula is C16H22IN5OS2. The molecule has 0 N–H and O–H groups in total. The number of anilines is 1. The summed E-state index contributed by atoms with van der Waals surface area (Å²) in [7, 11) is 0.770. The Labute approximate surface area is 167 Å². The quantitative estimate of drug-likeness (QED) is 0.601. The lowest BCUT2D eigenvalue weighted by Gasteiger charge is -2.56. The van der Waals surface area contributed by atoms with E-state index in [1.54, 1.807) is 15.4 Å². The Morgan fingerprint density at radius 3 is 2.96 bits per heavy atom. The van der Waals surface area contributed by atoms with Gasteiger partial charge < -0.3 is 4.90 Å². The second-order valence-corrected chi connectivity index (χ2v) is 9.98. The Hall–Kier alpha value is -0.390. The number of nitrogens with zero attached hydrogens (tertiary/aromatic N) is 5. The molecule has 2 aliphatic heterocycles. The molecule has 2 atom stereocenters. The highest BCUT2D eigenvalue weighted by molar-refractivity contribution is 14.2. The highest BCUT2D eigenvalue weighted by Gasteiger charge is 2.50. The number of hydrogen-bond donors (Lipinski definition) is 0. The molecule has 0 amide bonds. The smallest absolute Gasteiger partial charge is 0.156 e. The van der Waals surface area contributed by atoms with E-state index in [-0.39, 0.29) is 5.54 Å². The summed E-state index contributed by atoms with van der Waals surface area (Å²) in [6.07, 6.45) is 8.07. The van der Waals surface area contributed by atoms with Crippen molar-refractivity contribution in [3.63, 3.8) is 0 Å². The summed E-state index contributed by atoms with van der Waals surface area (Å²) in [5, 5.41) is 1.10. The normalized spacial score (nSPS) is 25.4. The summed E-state index contributed by atoms with van der Waals surface area (Å²) < 4.78 is 16.9. The molecule has 1 spiro atoms. The first-order chi connectivity index (χ1) is 12.2. The van der Waals surface area contributed by atoms with E-state index in [0.717, 1.165) is 67.9 Å². The fourth-order valence-electron chi connectivity index (χ4n) is 4.05. The highest BCUT2D eigenvalue weighted by atomic mass is 127. The minimum atomic E-state index is -0.845. The number of aromatic nitrogens is 3. The number of rotatable bonds is 5. The minimum absolute atomic E-state index is 0.0656. The van der Waals surface area contributed by atoms with Gasteiger partial charge in [-0.2, -0.15) is 0 Å². The predicted octanol–water partition coefficient (Wildman–Crippen LogP) is 3.40. The number of halogens is 1. The lowest BCUT2D eigenvalue weighted by molar-refractivity contribution is 0.0607. The fourth-order valence-corrected chi connectivity index (χ4v) is 6.85. The average molecular weight is 491 g/mol. The van der Waals surface area contributed by atoms with Gasteiger partial charge >= 0.3 is 0 Å². The molecule has 4 rings (SSSR count). The topological polar surface area (TPSA) is 54.3 Å². The Bertz CT molecular complexity index is 800. The molecule has 0 bridgehead atoms. The largest absolute Gasteiger partial charge is 0.354 e. The summed E-state index contributed by atoms with van der Waals surface area (Å²) in [5.74, 6) is 1.79. The predicted molar refractivity (Wildman–Crippen MR) is 113 cm³/mol. The second kappa shape index (κ2) is 7.32. The highest BCUT2D eigenvalue weighted by Crippen LogP contribution is 2.41. The van der Waals surface area contributed by atoms with E-state index in [2.05, 4.69) is 57.3 Å². The van der Waals surface area contributed by atoms with E-state index in [1.807, 2.05) is 6.20 Å². The molecule has 2 aromatic heterocycles. The van der Waals surface area contributed by atoms with Gasteiger partial charge in [0.05, 0.1) is 21.9 Å².